The monoisotopic (exact) mass is 318 g/mol. The molecule has 3 rings (SSSR count). The Labute approximate surface area is 137 Å². The second kappa shape index (κ2) is 6.50. The van der Waals surface area contributed by atoms with Crippen LogP contribution in [0, 0.1) is 29.1 Å². The van der Waals surface area contributed by atoms with Gasteiger partial charge in [-0.25, -0.2) is 9.59 Å². The second-order valence-electron chi connectivity index (χ2n) is 7.55. The van der Waals surface area contributed by atoms with Crippen molar-refractivity contribution in [2.24, 2.45) is 29.1 Å². The quantitative estimate of drug-likeness (QED) is 0.557. The summed E-state index contributed by atoms with van der Waals surface area (Å²) in [5.74, 6) is 1.81. The Morgan fingerprint density at radius 1 is 1.00 bits per heavy atom. The summed E-state index contributed by atoms with van der Waals surface area (Å²) >= 11 is 0. The molecule has 23 heavy (non-hydrogen) atoms. The van der Waals surface area contributed by atoms with Gasteiger partial charge in [0.2, 0.25) is 0 Å². The molecule has 0 saturated heterocycles. The third-order valence-electron chi connectivity index (χ3n) is 6.24. The average Bonchev–Trinajstić information content (AvgIpc) is 3.00. The van der Waals surface area contributed by atoms with Crippen molar-refractivity contribution in [2.75, 3.05) is 13.2 Å². The first-order chi connectivity index (χ1) is 11.1. The molecule has 3 aliphatic rings. The van der Waals surface area contributed by atoms with E-state index in [1.54, 1.807) is 0 Å². The Morgan fingerprint density at radius 3 is 2.13 bits per heavy atom. The highest BCUT2D eigenvalue weighted by atomic mass is 16.5. The van der Waals surface area contributed by atoms with E-state index >= 15 is 0 Å². The molecule has 126 valence electrons. The third-order valence-corrected chi connectivity index (χ3v) is 6.24. The summed E-state index contributed by atoms with van der Waals surface area (Å²) in [7, 11) is 0. The summed E-state index contributed by atoms with van der Waals surface area (Å²) in [4.78, 5) is 22.6. The van der Waals surface area contributed by atoms with Crippen molar-refractivity contribution in [1.82, 2.24) is 0 Å². The summed E-state index contributed by atoms with van der Waals surface area (Å²) in [6, 6.07) is 0. The Hall–Kier alpha value is -1.58. The fourth-order valence-electron chi connectivity index (χ4n) is 5.55. The number of carbonyl (C=O) groups excluding carboxylic acids is 2. The molecule has 0 N–H and O–H groups in total. The van der Waals surface area contributed by atoms with E-state index in [-0.39, 0.29) is 11.9 Å². The zero-order valence-corrected chi connectivity index (χ0v) is 13.7. The van der Waals surface area contributed by atoms with Crippen LogP contribution in [0.1, 0.15) is 38.5 Å². The summed E-state index contributed by atoms with van der Waals surface area (Å²) in [5, 5.41) is 0. The average molecular weight is 318 g/mol. The third kappa shape index (κ3) is 3.22. The van der Waals surface area contributed by atoms with Gasteiger partial charge >= 0.3 is 11.9 Å². The molecule has 4 heteroatoms. The number of ether oxygens (including phenoxy) is 2. The minimum Gasteiger partial charge on any atom is -0.462 e. The van der Waals surface area contributed by atoms with Crippen molar-refractivity contribution in [2.45, 2.75) is 38.5 Å². The van der Waals surface area contributed by atoms with Gasteiger partial charge in [0.15, 0.2) is 0 Å². The predicted molar refractivity (Wildman–Crippen MR) is 86.4 cm³/mol. The molecule has 3 saturated carbocycles. The lowest BCUT2D eigenvalue weighted by atomic mass is 9.65. The van der Waals surface area contributed by atoms with Gasteiger partial charge in [-0.1, -0.05) is 13.2 Å². The van der Waals surface area contributed by atoms with Gasteiger partial charge in [0, 0.05) is 12.2 Å². The lowest BCUT2D eigenvalue weighted by Gasteiger charge is -2.40. The topological polar surface area (TPSA) is 52.6 Å². The fourth-order valence-corrected chi connectivity index (χ4v) is 5.55. The predicted octanol–water partition coefficient (Wildman–Crippen LogP) is 3.28. The second-order valence-corrected chi connectivity index (χ2v) is 7.55. The first kappa shape index (κ1) is 16.3. The molecule has 0 aromatic rings. The Bertz CT molecular complexity index is 511. The Morgan fingerprint density at radius 2 is 1.57 bits per heavy atom. The Balaban J connectivity index is 1.58. The molecule has 3 fully saturated rings. The van der Waals surface area contributed by atoms with Gasteiger partial charge in [0.1, 0.15) is 0 Å². The van der Waals surface area contributed by atoms with Gasteiger partial charge < -0.3 is 9.47 Å². The maximum Gasteiger partial charge on any atom is 0.330 e. The molecule has 4 nitrogen and oxygen atoms in total. The number of rotatable bonds is 6. The zero-order valence-electron chi connectivity index (χ0n) is 13.7. The number of esters is 2. The van der Waals surface area contributed by atoms with Crippen LogP contribution in [-0.4, -0.2) is 25.2 Å². The zero-order chi connectivity index (χ0) is 16.4. The molecule has 0 aromatic heterocycles. The van der Waals surface area contributed by atoms with Crippen LogP contribution >= 0.6 is 0 Å². The van der Waals surface area contributed by atoms with Crippen LogP contribution in [-0.2, 0) is 19.1 Å². The van der Waals surface area contributed by atoms with E-state index in [1.807, 2.05) is 0 Å². The fraction of sp³-hybridized carbons (Fsp3) is 0.684. The summed E-state index contributed by atoms with van der Waals surface area (Å²) in [5.41, 5.74) is 0.388. The van der Waals surface area contributed by atoms with E-state index in [9.17, 15) is 9.59 Å². The normalized spacial score (nSPS) is 37.7. The molecule has 0 aromatic carbocycles. The lowest BCUT2D eigenvalue weighted by Crippen LogP contribution is -2.34. The summed E-state index contributed by atoms with van der Waals surface area (Å²) in [6.07, 6.45) is 9.67. The summed E-state index contributed by atoms with van der Waals surface area (Å²) in [6.45, 7) is 7.93. The van der Waals surface area contributed by atoms with Gasteiger partial charge in [-0.2, -0.15) is 0 Å². The van der Waals surface area contributed by atoms with Crippen LogP contribution in [0.5, 0.6) is 0 Å². The molecular weight excluding hydrogens is 292 g/mol. The molecule has 2 bridgehead atoms. The number of hydrogen-bond donors (Lipinski definition) is 0. The van der Waals surface area contributed by atoms with Gasteiger partial charge in [-0.3, -0.25) is 0 Å². The van der Waals surface area contributed by atoms with E-state index in [1.165, 1.54) is 31.4 Å². The molecule has 5 unspecified atom stereocenters. The van der Waals surface area contributed by atoms with Crippen molar-refractivity contribution in [3.05, 3.63) is 25.3 Å². The van der Waals surface area contributed by atoms with Crippen LogP contribution in [0.3, 0.4) is 0 Å². The maximum absolute atomic E-state index is 11.3. The van der Waals surface area contributed by atoms with Crippen LogP contribution in [0.2, 0.25) is 0 Å². The first-order valence-electron chi connectivity index (χ1n) is 8.64. The highest BCUT2D eigenvalue weighted by Crippen LogP contribution is 2.65. The van der Waals surface area contributed by atoms with E-state index in [0.29, 0.717) is 30.5 Å². The molecule has 3 aliphatic carbocycles. The van der Waals surface area contributed by atoms with Crippen LogP contribution in [0.4, 0.5) is 0 Å². The van der Waals surface area contributed by atoms with E-state index in [0.717, 1.165) is 31.1 Å². The van der Waals surface area contributed by atoms with Gasteiger partial charge in [0.05, 0.1) is 13.2 Å². The highest BCUT2D eigenvalue weighted by molar-refractivity contribution is 5.81. The molecule has 0 radical (unpaired) electrons. The molecule has 0 heterocycles. The maximum atomic E-state index is 11.3. The molecule has 0 spiro atoms. The first-order valence-corrected chi connectivity index (χ1v) is 8.64. The SMILES string of the molecule is C=CC(=O)OCC1CC2CCC3(C1)CC(COC(=O)C=C)CC23. The number of carbonyl (C=O) groups is 2. The Kier molecular flexibility index (Phi) is 4.60. The van der Waals surface area contributed by atoms with Gasteiger partial charge in [-0.05, 0) is 67.6 Å². The van der Waals surface area contributed by atoms with Crippen LogP contribution in [0.15, 0.2) is 25.3 Å². The molecule has 0 amide bonds. The van der Waals surface area contributed by atoms with Gasteiger partial charge in [0.25, 0.3) is 0 Å². The van der Waals surface area contributed by atoms with Crippen molar-refractivity contribution in [3.63, 3.8) is 0 Å². The van der Waals surface area contributed by atoms with Crippen LogP contribution in [0.25, 0.3) is 0 Å². The standard InChI is InChI=1S/C19H26O4/c1-3-17(20)22-11-13-7-15-5-6-19(9-13)10-14(8-16(15)19)12-23-18(21)4-2/h3-4,13-16H,1-2,5-12H2. The van der Waals surface area contributed by atoms with E-state index in [2.05, 4.69) is 13.2 Å². The van der Waals surface area contributed by atoms with Crippen LogP contribution < -0.4 is 0 Å². The molecule has 0 aliphatic heterocycles. The van der Waals surface area contributed by atoms with E-state index in [4.69, 9.17) is 9.47 Å². The smallest absolute Gasteiger partial charge is 0.330 e. The highest BCUT2D eigenvalue weighted by Gasteiger charge is 2.57. The van der Waals surface area contributed by atoms with E-state index < -0.39 is 0 Å². The van der Waals surface area contributed by atoms with Gasteiger partial charge in [-0.15, -0.1) is 0 Å². The van der Waals surface area contributed by atoms with Crippen molar-refractivity contribution < 1.29 is 19.1 Å². The van der Waals surface area contributed by atoms with Crippen molar-refractivity contribution in [1.29, 1.82) is 0 Å². The number of hydrogen-bond acceptors (Lipinski definition) is 4. The van der Waals surface area contributed by atoms with Crippen molar-refractivity contribution in [3.8, 4) is 0 Å². The largest absolute Gasteiger partial charge is 0.462 e. The lowest BCUT2D eigenvalue weighted by molar-refractivity contribution is -0.140. The summed E-state index contributed by atoms with van der Waals surface area (Å²) < 4.78 is 10.6. The minimum absolute atomic E-state index is 0.322. The van der Waals surface area contributed by atoms with Crippen molar-refractivity contribution >= 4 is 11.9 Å². The minimum atomic E-state index is -0.322. The molecular formula is C19H26O4. The molecule has 5 atom stereocenters.